The van der Waals surface area contributed by atoms with Gasteiger partial charge in [-0.3, -0.25) is 0 Å². The molecule has 0 aliphatic rings. The molecular formula is C15H12F2O3. The molecule has 3 nitrogen and oxygen atoms in total. The van der Waals surface area contributed by atoms with E-state index in [1.807, 2.05) is 0 Å². The maximum Gasteiger partial charge on any atom is 0.342 e. The van der Waals surface area contributed by atoms with E-state index in [1.54, 1.807) is 0 Å². The topological polar surface area (TPSA) is 35.5 Å². The predicted molar refractivity (Wildman–Crippen MR) is 68.5 cm³/mol. The summed E-state index contributed by atoms with van der Waals surface area (Å²) in [6.45, 7) is -0.0290. The Bertz CT molecular complexity index is 609. The Hall–Kier alpha value is -2.43. The van der Waals surface area contributed by atoms with Gasteiger partial charge in [-0.05, 0) is 35.9 Å². The fraction of sp³-hybridized carbons (Fsp3) is 0.133. The summed E-state index contributed by atoms with van der Waals surface area (Å²) in [5.74, 6) is -1.40. The highest BCUT2D eigenvalue weighted by Gasteiger charge is 2.15. The van der Waals surface area contributed by atoms with Crippen molar-refractivity contribution in [3.63, 3.8) is 0 Å². The lowest BCUT2D eigenvalue weighted by Crippen LogP contribution is -2.07. The molecule has 0 heterocycles. The van der Waals surface area contributed by atoms with Gasteiger partial charge in [-0.2, -0.15) is 0 Å². The number of esters is 1. The molecule has 0 saturated carbocycles. The van der Waals surface area contributed by atoms with Crippen LogP contribution in [0.15, 0.2) is 42.5 Å². The average Bonchev–Trinajstić information content (AvgIpc) is 2.46. The van der Waals surface area contributed by atoms with Gasteiger partial charge in [0.15, 0.2) is 0 Å². The standard InChI is InChI=1S/C15H12F2O3/c1-19-14-7-6-12(17)8-13(14)15(18)20-9-10-2-4-11(16)5-3-10/h2-8H,9H2,1H3. The smallest absolute Gasteiger partial charge is 0.342 e. The molecule has 0 atom stereocenters. The molecule has 0 aromatic heterocycles. The third kappa shape index (κ3) is 3.32. The molecule has 0 bridgehead atoms. The van der Waals surface area contributed by atoms with E-state index < -0.39 is 11.8 Å². The van der Waals surface area contributed by atoms with Crippen molar-refractivity contribution in [1.29, 1.82) is 0 Å². The number of ether oxygens (including phenoxy) is 2. The molecule has 0 fully saturated rings. The van der Waals surface area contributed by atoms with Crippen molar-refractivity contribution in [2.75, 3.05) is 7.11 Å². The lowest BCUT2D eigenvalue weighted by molar-refractivity contribution is 0.0468. The molecule has 5 heteroatoms. The van der Waals surface area contributed by atoms with E-state index in [0.29, 0.717) is 5.56 Å². The van der Waals surface area contributed by atoms with E-state index in [1.165, 1.54) is 43.5 Å². The van der Waals surface area contributed by atoms with Crippen LogP contribution in [-0.4, -0.2) is 13.1 Å². The predicted octanol–water partition coefficient (Wildman–Crippen LogP) is 3.33. The normalized spacial score (nSPS) is 10.2. The second-order valence-corrected chi connectivity index (χ2v) is 4.05. The molecule has 0 radical (unpaired) electrons. The van der Waals surface area contributed by atoms with Crippen molar-refractivity contribution in [3.05, 3.63) is 65.2 Å². The number of carbonyl (C=O) groups excluding carboxylic acids is 1. The quantitative estimate of drug-likeness (QED) is 0.805. The fourth-order valence-electron chi connectivity index (χ4n) is 1.65. The van der Waals surface area contributed by atoms with E-state index in [4.69, 9.17) is 9.47 Å². The number of hydrogen-bond acceptors (Lipinski definition) is 3. The van der Waals surface area contributed by atoms with Crippen molar-refractivity contribution in [2.24, 2.45) is 0 Å². The molecule has 0 saturated heterocycles. The Morgan fingerprint density at radius 3 is 2.35 bits per heavy atom. The maximum atomic E-state index is 13.1. The van der Waals surface area contributed by atoms with Gasteiger partial charge < -0.3 is 9.47 Å². The van der Waals surface area contributed by atoms with Crippen molar-refractivity contribution in [1.82, 2.24) is 0 Å². The maximum absolute atomic E-state index is 13.1. The number of carbonyl (C=O) groups is 1. The molecular weight excluding hydrogens is 266 g/mol. The van der Waals surface area contributed by atoms with E-state index in [2.05, 4.69) is 0 Å². The van der Waals surface area contributed by atoms with Crippen LogP contribution in [0.3, 0.4) is 0 Å². The minimum Gasteiger partial charge on any atom is -0.496 e. The van der Waals surface area contributed by atoms with Gasteiger partial charge >= 0.3 is 5.97 Å². The summed E-state index contributed by atoms with van der Waals surface area (Å²) in [7, 11) is 1.38. The summed E-state index contributed by atoms with van der Waals surface area (Å²) >= 11 is 0. The number of benzene rings is 2. The Morgan fingerprint density at radius 2 is 1.70 bits per heavy atom. The van der Waals surface area contributed by atoms with Crippen molar-refractivity contribution < 1.29 is 23.0 Å². The van der Waals surface area contributed by atoms with Crippen LogP contribution in [0.2, 0.25) is 0 Å². The third-order valence-corrected chi connectivity index (χ3v) is 2.66. The number of methoxy groups -OCH3 is 1. The van der Waals surface area contributed by atoms with Crippen LogP contribution in [0.5, 0.6) is 5.75 Å². The highest BCUT2D eigenvalue weighted by atomic mass is 19.1. The van der Waals surface area contributed by atoms with Crippen LogP contribution in [0.25, 0.3) is 0 Å². The van der Waals surface area contributed by atoms with Crippen LogP contribution >= 0.6 is 0 Å². The van der Waals surface area contributed by atoms with E-state index >= 15 is 0 Å². The fourth-order valence-corrected chi connectivity index (χ4v) is 1.65. The molecule has 0 aliphatic carbocycles. The number of halogens is 2. The summed E-state index contributed by atoms with van der Waals surface area (Å²) in [6, 6.07) is 9.14. The third-order valence-electron chi connectivity index (χ3n) is 2.66. The average molecular weight is 278 g/mol. The first-order valence-electron chi connectivity index (χ1n) is 5.85. The minimum atomic E-state index is -0.703. The zero-order chi connectivity index (χ0) is 14.5. The first-order chi connectivity index (χ1) is 9.60. The van der Waals surface area contributed by atoms with Crippen LogP contribution in [-0.2, 0) is 11.3 Å². The lowest BCUT2D eigenvalue weighted by Gasteiger charge is -2.09. The van der Waals surface area contributed by atoms with Crippen LogP contribution in [0.4, 0.5) is 8.78 Å². The zero-order valence-electron chi connectivity index (χ0n) is 10.7. The summed E-state index contributed by atoms with van der Waals surface area (Å²) in [4.78, 5) is 11.9. The van der Waals surface area contributed by atoms with Gasteiger partial charge in [0.2, 0.25) is 0 Å². The molecule has 2 aromatic carbocycles. The first-order valence-corrected chi connectivity index (χ1v) is 5.85. The Kier molecular flexibility index (Phi) is 4.30. The van der Waals surface area contributed by atoms with Gasteiger partial charge in [0.05, 0.1) is 7.11 Å². The molecule has 0 spiro atoms. The molecule has 0 amide bonds. The van der Waals surface area contributed by atoms with Crippen LogP contribution < -0.4 is 4.74 Å². The van der Waals surface area contributed by atoms with Crippen molar-refractivity contribution in [3.8, 4) is 5.75 Å². The Morgan fingerprint density at radius 1 is 1.05 bits per heavy atom. The van der Waals surface area contributed by atoms with Crippen molar-refractivity contribution >= 4 is 5.97 Å². The minimum absolute atomic E-state index is 0.00890. The number of hydrogen-bond donors (Lipinski definition) is 0. The van der Waals surface area contributed by atoms with E-state index in [0.717, 1.165) is 6.07 Å². The van der Waals surface area contributed by atoms with Crippen molar-refractivity contribution in [2.45, 2.75) is 6.61 Å². The molecule has 2 rings (SSSR count). The second-order valence-electron chi connectivity index (χ2n) is 4.05. The Labute approximate surface area is 114 Å². The van der Waals surface area contributed by atoms with E-state index in [-0.39, 0.29) is 23.7 Å². The summed E-state index contributed by atoms with van der Waals surface area (Å²) in [5.41, 5.74) is 0.643. The summed E-state index contributed by atoms with van der Waals surface area (Å²) in [6.07, 6.45) is 0. The van der Waals surface area contributed by atoms with E-state index in [9.17, 15) is 13.6 Å². The van der Waals surface area contributed by atoms with Gasteiger partial charge in [-0.25, -0.2) is 13.6 Å². The molecule has 20 heavy (non-hydrogen) atoms. The second kappa shape index (κ2) is 6.14. The monoisotopic (exact) mass is 278 g/mol. The highest BCUT2D eigenvalue weighted by molar-refractivity contribution is 5.92. The van der Waals surface area contributed by atoms with Gasteiger partial charge in [0, 0.05) is 0 Å². The molecule has 0 aliphatic heterocycles. The van der Waals surface area contributed by atoms with Crippen LogP contribution in [0.1, 0.15) is 15.9 Å². The Balaban J connectivity index is 2.08. The summed E-state index contributed by atoms with van der Waals surface area (Å²) < 4.78 is 35.9. The van der Waals surface area contributed by atoms with Gasteiger partial charge in [-0.1, -0.05) is 12.1 Å². The van der Waals surface area contributed by atoms with Gasteiger partial charge in [0.25, 0.3) is 0 Å². The highest BCUT2D eigenvalue weighted by Crippen LogP contribution is 2.20. The molecule has 0 unspecified atom stereocenters. The largest absolute Gasteiger partial charge is 0.496 e. The molecule has 2 aromatic rings. The zero-order valence-corrected chi connectivity index (χ0v) is 10.7. The van der Waals surface area contributed by atoms with Gasteiger partial charge in [-0.15, -0.1) is 0 Å². The SMILES string of the molecule is COc1ccc(F)cc1C(=O)OCc1ccc(F)cc1. The molecule has 104 valence electrons. The van der Waals surface area contributed by atoms with Crippen LogP contribution in [0, 0.1) is 11.6 Å². The molecule has 0 N–H and O–H groups in total. The number of rotatable bonds is 4. The first kappa shape index (κ1) is 14.0. The summed E-state index contributed by atoms with van der Waals surface area (Å²) in [5, 5.41) is 0. The lowest BCUT2D eigenvalue weighted by atomic mass is 10.2. The van der Waals surface area contributed by atoms with Gasteiger partial charge in [0.1, 0.15) is 29.6 Å².